The maximum absolute atomic E-state index is 13.1. The van der Waals surface area contributed by atoms with Crippen LogP contribution in [0.2, 0.25) is 0 Å². The summed E-state index contributed by atoms with van der Waals surface area (Å²) in [6.07, 6.45) is 2.30. The zero-order valence-corrected chi connectivity index (χ0v) is 18.0. The standard InChI is InChI=1S/C24H29NO5/c1-16(19-7-8-19)25(14-18-5-10-21(28-3)11-6-18)24(27)15-30-22-12-9-20(17(2)26)13-23(22)29-4/h5-6,9-13,16,19H,7-8,14-15H2,1-4H3. The van der Waals surface area contributed by atoms with Gasteiger partial charge in [0, 0.05) is 18.2 Å². The van der Waals surface area contributed by atoms with E-state index in [4.69, 9.17) is 14.2 Å². The Balaban J connectivity index is 1.71. The van der Waals surface area contributed by atoms with E-state index in [2.05, 4.69) is 6.92 Å². The van der Waals surface area contributed by atoms with Gasteiger partial charge in [-0.05, 0) is 68.5 Å². The molecule has 1 unspecified atom stereocenters. The first kappa shape index (κ1) is 21.7. The SMILES string of the molecule is COc1ccc(CN(C(=O)COc2ccc(C(C)=O)cc2OC)C(C)C2CC2)cc1. The number of ketones is 1. The highest BCUT2D eigenvalue weighted by Gasteiger charge is 2.34. The zero-order valence-electron chi connectivity index (χ0n) is 18.0. The van der Waals surface area contributed by atoms with E-state index < -0.39 is 0 Å². The Hall–Kier alpha value is -3.02. The van der Waals surface area contributed by atoms with E-state index in [1.807, 2.05) is 29.2 Å². The largest absolute Gasteiger partial charge is 0.497 e. The second kappa shape index (κ2) is 9.65. The molecule has 6 nitrogen and oxygen atoms in total. The molecule has 0 N–H and O–H groups in total. The first-order valence-corrected chi connectivity index (χ1v) is 10.2. The monoisotopic (exact) mass is 411 g/mol. The van der Waals surface area contributed by atoms with Gasteiger partial charge in [0.2, 0.25) is 0 Å². The summed E-state index contributed by atoms with van der Waals surface area (Å²) in [5.74, 6) is 2.07. The van der Waals surface area contributed by atoms with Crippen molar-refractivity contribution in [2.45, 2.75) is 39.3 Å². The molecule has 1 aliphatic rings. The van der Waals surface area contributed by atoms with Crippen LogP contribution in [0, 0.1) is 5.92 Å². The minimum absolute atomic E-state index is 0.0557. The topological polar surface area (TPSA) is 65.1 Å². The average Bonchev–Trinajstić information content (AvgIpc) is 3.61. The lowest BCUT2D eigenvalue weighted by Crippen LogP contribution is -2.42. The van der Waals surface area contributed by atoms with Crippen molar-refractivity contribution in [1.29, 1.82) is 0 Å². The molecule has 2 aromatic carbocycles. The number of rotatable bonds is 10. The van der Waals surface area contributed by atoms with Gasteiger partial charge in [0.05, 0.1) is 14.2 Å². The summed E-state index contributed by atoms with van der Waals surface area (Å²) in [5, 5.41) is 0. The summed E-state index contributed by atoms with van der Waals surface area (Å²) < 4.78 is 16.3. The normalized spacial score (nSPS) is 14.0. The van der Waals surface area contributed by atoms with Gasteiger partial charge in [0.25, 0.3) is 5.91 Å². The summed E-state index contributed by atoms with van der Waals surface area (Å²) in [6.45, 7) is 4.02. The number of carbonyl (C=O) groups is 2. The molecule has 2 aromatic rings. The highest BCUT2D eigenvalue weighted by molar-refractivity contribution is 5.94. The second-order valence-electron chi connectivity index (χ2n) is 7.66. The molecule has 0 aliphatic heterocycles. The number of carbonyl (C=O) groups excluding carboxylic acids is 2. The van der Waals surface area contributed by atoms with Crippen LogP contribution >= 0.6 is 0 Å². The predicted molar refractivity (Wildman–Crippen MR) is 114 cm³/mol. The Morgan fingerprint density at radius 1 is 1.03 bits per heavy atom. The van der Waals surface area contributed by atoms with Crippen LogP contribution in [0.15, 0.2) is 42.5 Å². The van der Waals surface area contributed by atoms with Crippen molar-refractivity contribution >= 4 is 11.7 Å². The summed E-state index contributed by atoms with van der Waals surface area (Å²) >= 11 is 0. The van der Waals surface area contributed by atoms with E-state index in [1.54, 1.807) is 25.3 Å². The maximum atomic E-state index is 13.1. The van der Waals surface area contributed by atoms with Crippen molar-refractivity contribution in [3.63, 3.8) is 0 Å². The number of Topliss-reactive ketones (excluding diaryl/α,β-unsaturated/α-hetero) is 1. The van der Waals surface area contributed by atoms with Crippen molar-refractivity contribution in [3.05, 3.63) is 53.6 Å². The number of amides is 1. The molecule has 1 saturated carbocycles. The van der Waals surface area contributed by atoms with Gasteiger partial charge in [-0.1, -0.05) is 12.1 Å². The van der Waals surface area contributed by atoms with Gasteiger partial charge in [-0.3, -0.25) is 9.59 Å². The molecule has 0 radical (unpaired) electrons. The van der Waals surface area contributed by atoms with Gasteiger partial charge >= 0.3 is 0 Å². The molecule has 1 fully saturated rings. The quantitative estimate of drug-likeness (QED) is 0.551. The number of hydrogen-bond acceptors (Lipinski definition) is 5. The van der Waals surface area contributed by atoms with Crippen molar-refractivity contribution in [2.24, 2.45) is 5.92 Å². The molecule has 3 rings (SSSR count). The minimum atomic E-state index is -0.0943. The lowest BCUT2D eigenvalue weighted by molar-refractivity contribution is -0.136. The Bertz CT molecular complexity index is 889. The molecule has 30 heavy (non-hydrogen) atoms. The molecule has 0 saturated heterocycles. The molecular formula is C24H29NO5. The van der Waals surface area contributed by atoms with Gasteiger partial charge in [-0.2, -0.15) is 0 Å². The summed E-state index contributed by atoms with van der Waals surface area (Å²) in [5.41, 5.74) is 1.58. The van der Waals surface area contributed by atoms with E-state index >= 15 is 0 Å². The maximum Gasteiger partial charge on any atom is 0.261 e. The minimum Gasteiger partial charge on any atom is -0.497 e. The molecule has 1 atom stereocenters. The van der Waals surface area contributed by atoms with Crippen LogP contribution in [0.4, 0.5) is 0 Å². The van der Waals surface area contributed by atoms with Crippen molar-refractivity contribution in [1.82, 2.24) is 4.90 Å². The van der Waals surface area contributed by atoms with Crippen LogP contribution < -0.4 is 14.2 Å². The Morgan fingerprint density at radius 2 is 1.73 bits per heavy atom. The zero-order chi connectivity index (χ0) is 21.7. The number of benzene rings is 2. The molecule has 160 valence electrons. The van der Waals surface area contributed by atoms with Crippen LogP contribution in [-0.4, -0.2) is 43.5 Å². The van der Waals surface area contributed by atoms with E-state index in [0.29, 0.717) is 29.5 Å². The summed E-state index contributed by atoms with van der Waals surface area (Å²) in [6, 6.07) is 12.9. The third-order valence-electron chi connectivity index (χ3n) is 5.55. The number of nitrogens with zero attached hydrogens (tertiary/aromatic N) is 1. The lowest BCUT2D eigenvalue weighted by Gasteiger charge is -2.30. The molecule has 0 spiro atoms. The van der Waals surface area contributed by atoms with E-state index in [-0.39, 0.29) is 24.3 Å². The van der Waals surface area contributed by atoms with Gasteiger partial charge in [-0.15, -0.1) is 0 Å². The second-order valence-corrected chi connectivity index (χ2v) is 7.66. The smallest absolute Gasteiger partial charge is 0.261 e. The molecule has 0 bridgehead atoms. The molecule has 6 heteroatoms. The van der Waals surface area contributed by atoms with Crippen molar-refractivity contribution in [2.75, 3.05) is 20.8 Å². The van der Waals surface area contributed by atoms with Gasteiger partial charge in [0.15, 0.2) is 23.9 Å². The third-order valence-corrected chi connectivity index (χ3v) is 5.55. The first-order chi connectivity index (χ1) is 14.4. The predicted octanol–water partition coefficient (Wildman–Crippen LogP) is 4.11. The van der Waals surface area contributed by atoms with Crippen molar-refractivity contribution in [3.8, 4) is 17.2 Å². The highest BCUT2D eigenvalue weighted by atomic mass is 16.5. The van der Waals surface area contributed by atoms with Crippen LogP contribution in [0.1, 0.15) is 42.6 Å². The molecule has 0 heterocycles. The Labute approximate surface area is 177 Å². The fourth-order valence-corrected chi connectivity index (χ4v) is 3.45. The molecular weight excluding hydrogens is 382 g/mol. The third kappa shape index (κ3) is 5.32. The van der Waals surface area contributed by atoms with E-state index in [9.17, 15) is 9.59 Å². The number of ether oxygens (including phenoxy) is 3. The molecule has 1 amide bonds. The fraction of sp³-hybridized carbons (Fsp3) is 0.417. The highest BCUT2D eigenvalue weighted by Crippen LogP contribution is 2.36. The summed E-state index contributed by atoms with van der Waals surface area (Å²) in [7, 11) is 3.15. The number of methoxy groups -OCH3 is 2. The van der Waals surface area contributed by atoms with Crippen LogP contribution in [0.5, 0.6) is 17.2 Å². The molecule has 1 aliphatic carbocycles. The van der Waals surface area contributed by atoms with Crippen LogP contribution in [-0.2, 0) is 11.3 Å². The van der Waals surface area contributed by atoms with E-state index in [1.165, 1.54) is 14.0 Å². The average molecular weight is 411 g/mol. The van der Waals surface area contributed by atoms with Crippen LogP contribution in [0.25, 0.3) is 0 Å². The van der Waals surface area contributed by atoms with Crippen molar-refractivity contribution < 1.29 is 23.8 Å². The Morgan fingerprint density at radius 3 is 2.30 bits per heavy atom. The molecule has 0 aromatic heterocycles. The Kier molecular flexibility index (Phi) is 6.98. The van der Waals surface area contributed by atoms with Gasteiger partial charge in [-0.25, -0.2) is 0 Å². The summed E-state index contributed by atoms with van der Waals surface area (Å²) in [4.78, 5) is 26.5. The first-order valence-electron chi connectivity index (χ1n) is 10.2. The van der Waals surface area contributed by atoms with E-state index in [0.717, 1.165) is 24.2 Å². The number of hydrogen-bond donors (Lipinski definition) is 0. The van der Waals surface area contributed by atoms with Crippen LogP contribution in [0.3, 0.4) is 0 Å². The fourth-order valence-electron chi connectivity index (χ4n) is 3.45. The lowest BCUT2D eigenvalue weighted by atomic mass is 10.1. The van der Waals surface area contributed by atoms with Gasteiger partial charge in [0.1, 0.15) is 5.75 Å². The van der Waals surface area contributed by atoms with Gasteiger partial charge < -0.3 is 19.1 Å².